The molecule has 0 saturated carbocycles. The minimum absolute atomic E-state index is 0. The Balaban J connectivity index is 0.00000441. The largest absolute Gasteiger partial charge is 0.352 e. The van der Waals surface area contributed by atoms with E-state index >= 15 is 0 Å². The van der Waals surface area contributed by atoms with E-state index < -0.39 is 0 Å². The third kappa shape index (κ3) is 7.76. The van der Waals surface area contributed by atoms with Gasteiger partial charge in [-0.3, -0.25) is 4.79 Å². The molecule has 22 heavy (non-hydrogen) atoms. The van der Waals surface area contributed by atoms with Crippen molar-refractivity contribution in [2.75, 3.05) is 6.54 Å². The van der Waals surface area contributed by atoms with E-state index in [0.717, 1.165) is 12.0 Å². The van der Waals surface area contributed by atoms with Crippen molar-refractivity contribution in [1.29, 1.82) is 0 Å². The monoisotopic (exact) mass is 330 g/mol. The molecule has 1 aromatic rings. The maximum absolute atomic E-state index is 13.1. The van der Waals surface area contributed by atoms with Crippen LogP contribution in [0.3, 0.4) is 0 Å². The van der Waals surface area contributed by atoms with Crippen LogP contribution in [0.1, 0.15) is 39.2 Å². The molecule has 0 bridgehead atoms. The van der Waals surface area contributed by atoms with Gasteiger partial charge in [-0.05, 0) is 42.9 Å². The molecule has 0 aliphatic heterocycles. The van der Waals surface area contributed by atoms with Crippen LogP contribution in [0, 0.1) is 17.7 Å². The van der Waals surface area contributed by atoms with E-state index in [2.05, 4.69) is 19.2 Å². The standard InChI is InChI=1S/C17H27FN2O.ClH/c1-12(2)9-16(11-19)20-17(21)13(3)7-8-14-5-4-6-15(18)10-14;/h4-6,10,12-13,16H,7-9,11,19H2,1-3H3,(H,20,21);1H. The summed E-state index contributed by atoms with van der Waals surface area (Å²) in [7, 11) is 0. The minimum atomic E-state index is -0.232. The highest BCUT2D eigenvalue weighted by molar-refractivity contribution is 5.85. The molecule has 3 N–H and O–H groups in total. The molecule has 0 saturated heterocycles. The van der Waals surface area contributed by atoms with Crippen molar-refractivity contribution in [1.82, 2.24) is 5.32 Å². The molecule has 0 heterocycles. The number of rotatable bonds is 8. The van der Waals surface area contributed by atoms with Crippen molar-refractivity contribution < 1.29 is 9.18 Å². The fourth-order valence-corrected chi connectivity index (χ4v) is 2.33. The molecule has 0 aliphatic rings. The molecule has 2 unspecified atom stereocenters. The van der Waals surface area contributed by atoms with Crippen LogP contribution < -0.4 is 11.1 Å². The van der Waals surface area contributed by atoms with Crippen LogP contribution in [0.4, 0.5) is 4.39 Å². The van der Waals surface area contributed by atoms with Crippen molar-refractivity contribution in [3.8, 4) is 0 Å². The van der Waals surface area contributed by atoms with Gasteiger partial charge in [0.05, 0.1) is 0 Å². The lowest BCUT2D eigenvalue weighted by Crippen LogP contribution is -2.43. The van der Waals surface area contributed by atoms with Crippen molar-refractivity contribution in [3.63, 3.8) is 0 Å². The summed E-state index contributed by atoms with van der Waals surface area (Å²) < 4.78 is 13.1. The minimum Gasteiger partial charge on any atom is -0.352 e. The second kappa shape index (κ2) is 10.6. The summed E-state index contributed by atoms with van der Waals surface area (Å²) in [5.41, 5.74) is 6.62. The summed E-state index contributed by atoms with van der Waals surface area (Å²) in [6.07, 6.45) is 2.29. The van der Waals surface area contributed by atoms with Gasteiger partial charge < -0.3 is 11.1 Å². The molecule has 2 atom stereocenters. The summed E-state index contributed by atoms with van der Waals surface area (Å²) >= 11 is 0. The fraction of sp³-hybridized carbons (Fsp3) is 0.588. The number of nitrogens with two attached hydrogens (primary N) is 1. The van der Waals surface area contributed by atoms with Gasteiger partial charge in [0.25, 0.3) is 0 Å². The lowest BCUT2D eigenvalue weighted by molar-refractivity contribution is -0.125. The number of carbonyl (C=O) groups is 1. The Hall–Kier alpha value is -1.13. The first-order valence-corrected chi connectivity index (χ1v) is 7.67. The lowest BCUT2D eigenvalue weighted by Gasteiger charge is -2.21. The van der Waals surface area contributed by atoms with Crippen LogP contribution in [-0.4, -0.2) is 18.5 Å². The van der Waals surface area contributed by atoms with Gasteiger partial charge in [0.1, 0.15) is 5.82 Å². The number of aryl methyl sites for hydroxylation is 1. The second-order valence-electron chi connectivity index (χ2n) is 6.14. The molecule has 0 aliphatic carbocycles. The zero-order valence-corrected chi connectivity index (χ0v) is 14.5. The summed E-state index contributed by atoms with van der Waals surface area (Å²) in [6, 6.07) is 6.57. The summed E-state index contributed by atoms with van der Waals surface area (Å²) in [5.74, 6) is 0.197. The van der Waals surface area contributed by atoms with Gasteiger partial charge in [-0.25, -0.2) is 4.39 Å². The van der Waals surface area contributed by atoms with Crippen molar-refractivity contribution >= 4 is 18.3 Å². The average Bonchev–Trinajstić information content (AvgIpc) is 2.43. The Morgan fingerprint density at radius 1 is 1.32 bits per heavy atom. The maximum Gasteiger partial charge on any atom is 0.223 e. The van der Waals surface area contributed by atoms with E-state index in [1.54, 1.807) is 6.07 Å². The van der Waals surface area contributed by atoms with E-state index in [4.69, 9.17) is 5.73 Å². The van der Waals surface area contributed by atoms with E-state index in [0.29, 0.717) is 25.3 Å². The number of nitrogens with one attached hydrogen (secondary N) is 1. The maximum atomic E-state index is 13.1. The summed E-state index contributed by atoms with van der Waals surface area (Å²) in [4.78, 5) is 12.1. The van der Waals surface area contributed by atoms with Gasteiger partial charge in [0, 0.05) is 18.5 Å². The fourth-order valence-electron chi connectivity index (χ4n) is 2.33. The highest BCUT2D eigenvalue weighted by atomic mass is 35.5. The summed E-state index contributed by atoms with van der Waals surface area (Å²) in [6.45, 7) is 6.59. The van der Waals surface area contributed by atoms with Crippen LogP contribution in [-0.2, 0) is 11.2 Å². The van der Waals surface area contributed by atoms with Crippen LogP contribution in [0.25, 0.3) is 0 Å². The molecule has 0 aromatic heterocycles. The molecule has 0 fully saturated rings. The van der Waals surface area contributed by atoms with Gasteiger partial charge >= 0.3 is 0 Å². The first-order chi connectivity index (χ1) is 9.92. The number of hydrogen-bond donors (Lipinski definition) is 2. The lowest BCUT2D eigenvalue weighted by atomic mass is 9.98. The van der Waals surface area contributed by atoms with Crippen molar-refractivity contribution in [3.05, 3.63) is 35.6 Å². The van der Waals surface area contributed by atoms with Crippen molar-refractivity contribution in [2.45, 2.75) is 46.1 Å². The van der Waals surface area contributed by atoms with E-state index in [1.165, 1.54) is 12.1 Å². The van der Waals surface area contributed by atoms with Gasteiger partial charge in [0.2, 0.25) is 5.91 Å². The Bertz CT molecular complexity index is 454. The van der Waals surface area contributed by atoms with E-state index in [1.807, 2.05) is 13.0 Å². The van der Waals surface area contributed by atoms with Crippen LogP contribution in [0.5, 0.6) is 0 Å². The molecule has 5 heteroatoms. The second-order valence-corrected chi connectivity index (χ2v) is 6.14. The Labute approximate surface area is 139 Å². The van der Waals surface area contributed by atoms with Gasteiger partial charge in [-0.15, -0.1) is 12.4 Å². The quantitative estimate of drug-likeness (QED) is 0.768. The molecular weight excluding hydrogens is 303 g/mol. The molecule has 0 radical (unpaired) electrons. The molecule has 1 rings (SSSR count). The van der Waals surface area contributed by atoms with Crippen LogP contribution >= 0.6 is 12.4 Å². The van der Waals surface area contributed by atoms with Gasteiger partial charge in [-0.1, -0.05) is 32.9 Å². The third-order valence-electron chi connectivity index (χ3n) is 3.59. The first-order valence-electron chi connectivity index (χ1n) is 7.67. The van der Waals surface area contributed by atoms with E-state index in [9.17, 15) is 9.18 Å². The highest BCUT2D eigenvalue weighted by Crippen LogP contribution is 2.12. The van der Waals surface area contributed by atoms with E-state index in [-0.39, 0.29) is 36.1 Å². The number of carbonyl (C=O) groups excluding carboxylic acids is 1. The molecular formula is C17H28ClFN2O. The first kappa shape index (κ1) is 20.9. The third-order valence-corrected chi connectivity index (χ3v) is 3.59. The number of halogens is 2. The predicted molar refractivity (Wildman–Crippen MR) is 91.6 cm³/mol. The molecule has 0 spiro atoms. The molecule has 3 nitrogen and oxygen atoms in total. The molecule has 126 valence electrons. The zero-order chi connectivity index (χ0) is 15.8. The Morgan fingerprint density at radius 2 is 2.00 bits per heavy atom. The molecule has 1 amide bonds. The van der Waals surface area contributed by atoms with Crippen LogP contribution in [0.15, 0.2) is 24.3 Å². The Kier molecular flexibility index (Phi) is 10.0. The Morgan fingerprint density at radius 3 is 2.55 bits per heavy atom. The number of benzene rings is 1. The van der Waals surface area contributed by atoms with Crippen LogP contribution in [0.2, 0.25) is 0 Å². The van der Waals surface area contributed by atoms with Crippen molar-refractivity contribution in [2.24, 2.45) is 17.6 Å². The SMILES string of the molecule is CC(C)CC(CN)NC(=O)C(C)CCc1cccc(F)c1.Cl. The number of hydrogen-bond acceptors (Lipinski definition) is 2. The summed E-state index contributed by atoms with van der Waals surface area (Å²) in [5, 5.41) is 3.01. The van der Waals surface area contributed by atoms with Gasteiger partial charge in [0.15, 0.2) is 0 Å². The van der Waals surface area contributed by atoms with Gasteiger partial charge in [-0.2, -0.15) is 0 Å². The molecule has 1 aromatic carbocycles. The normalized spacial score (nSPS) is 13.4. The zero-order valence-electron chi connectivity index (χ0n) is 13.6. The topological polar surface area (TPSA) is 55.1 Å². The predicted octanol–water partition coefficient (Wildman–Crippen LogP) is 3.31. The smallest absolute Gasteiger partial charge is 0.223 e. The average molecular weight is 331 g/mol. The number of amides is 1. The highest BCUT2D eigenvalue weighted by Gasteiger charge is 2.17.